The normalized spacial score (nSPS) is 15.8. The maximum atomic E-state index is 12.5. The van der Waals surface area contributed by atoms with Crippen LogP contribution < -0.4 is 9.64 Å². The number of aromatic nitrogens is 3. The van der Waals surface area contributed by atoms with Crippen molar-refractivity contribution in [1.82, 2.24) is 19.3 Å². The van der Waals surface area contributed by atoms with Crippen molar-refractivity contribution >= 4 is 11.5 Å². The van der Waals surface area contributed by atoms with Crippen molar-refractivity contribution in [3.05, 3.63) is 42.9 Å². The SMILES string of the molecule is OCCN1CCN(c2ncc(-c3cccc(OC(F)(F)F)c3)n3ccnc23)CC1. The summed E-state index contributed by atoms with van der Waals surface area (Å²) in [4.78, 5) is 13.3. The van der Waals surface area contributed by atoms with E-state index in [2.05, 4.69) is 24.5 Å². The number of aliphatic hydroxyl groups is 1. The summed E-state index contributed by atoms with van der Waals surface area (Å²) in [5.41, 5.74) is 1.80. The lowest BCUT2D eigenvalue weighted by molar-refractivity contribution is -0.274. The monoisotopic (exact) mass is 407 g/mol. The van der Waals surface area contributed by atoms with Gasteiger partial charge < -0.3 is 14.7 Å². The Hall–Kier alpha value is -2.85. The predicted molar refractivity (Wildman–Crippen MR) is 101 cm³/mol. The summed E-state index contributed by atoms with van der Waals surface area (Å²) in [6, 6.07) is 5.80. The molecule has 4 rings (SSSR count). The minimum atomic E-state index is -4.75. The maximum Gasteiger partial charge on any atom is 0.573 e. The highest BCUT2D eigenvalue weighted by Gasteiger charge is 2.31. The molecule has 1 N–H and O–H groups in total. The molecule has 0 saturated carbocycles. The highest BCUT2D eigenvalue weighted by atomic mass is 19.4. The van der Waals surface area contributed by atoms with E-state index in [9.17, 15) is 13.2 Å². The first-order valence-electron chi connectivity index (χ1n) is 9.21. The molecule has 1 saturated heterocycles. The van der Waals surface area contributed by atoms with Crippen LogP contribution in [0.5, 0.6) is 5.75 Å². The summed E-state index contributed by atoms with van der Waals surface area (Å²) < 4.78 is 43.5. The van der Waals surface area contributed by atoms with Gasteiger partial charge >= 0.3 is 6.36 Å². The second-order valence-electron chi connectivity index (χ2n) is 6.72. The fourth-order valence-electron chi connectivity index (χ4n) is 3.52. The Morgan fingerprint density at radius 3 is 2.62 bits per heavy atom. The third-order valence-corrected chi connectivity index (χ3v) is 4.86. The molecular formula is C19H20F3N5O2. The number of fused-ring (bicyclic) bond motifs is 1. The van der Waals surface area contributed by atoms with Crippen molar-refractivity contribution in [2.24, 2.45) is 0 Å². The van der Waals surface area contributed by atoms with Crippen LogP contribution in [0.25, 0.3) is 16.9 Å². The van der Waals surface area contributed by atoms with Crippen molar-refractivity contribution < 1.29 is 23.0 Å². The fourth-order valence-corrected chi connectivity index (χ4v) is 3.52. The molecule has 0 aliphatic carbocycles. The number of hydrogen-bond donors (Lipinski definition) is 1. The van der Waals surface area contributed by atoms with Crippen molar-refractivity contribution in [2.75, 3.05) is 44.2 Å². The van der Waals surface area contributed by atoms with E-state index < -0.39 is 6.36 Å². The molecular weight excluding hydrogens is 387 g/mol. The summed E-state index contributed by atoms with van der Waals surface area (Å²) in [6.45, 7) is 3.92. The Morgan fingerprint density at radius 2 is 1.90 bits per heavy atom. The third-order valence-electron chi connectivity index (χ3n) is 4.86. The number of halogens is 3. The summed E-state index contributed by atoms with van der Waals surface area (Å²) in [6.07, 6.45) is 0.289. The minimum Gasteiger partial charge on any atom is -0.406 e. The fraction of sp³-hybridized carbons (Fsp3) is 0.368. The van der Waals surface area contributed by atoms with Crippen LogP contribution >= 0.6 is 0 Å². The number of alkyl halides is 3. The molecule has 1 aliphatic heterocycles. The lowest BCUT2D eigenvalue weighted by Crippen LogP contribution is -2.47. The predicted octanol–water partition coefficient (Wildman–Crippen LogP) is 2.41. The first-order valence-corrected chi connectivity index (χ1v) is 9.21. The largest absolute Gasteiger partial charge is 0.573 e. The molecule has 0 atom stereocenters. The third kappa shape index (κ3) is 4.28. The molecule has 0 amide bonds. The van der Waals surface area contributed by atoms with Gasteiger partial charge in [0.1, 0.15) is 5.75 Å². The van der Waals surface area contributed by atoms with E-state index in [4.69, 9.17) is 5.11 Å². The van der Waals surface area contributed by atoms with Crippen LogP contribution in [0.2, 0.25) is 0 Å². The molecule has 154 valence electrons. The number of ether oxygens (including phenoxy) is 1. The molecule has 2 aromatic heterocycles. The molecule has 3 heterocycles. The number of rotatable bonds is 5. The van der Waals surface area contributed by atoms with Gasteiger partial charge in [-0.1, -0.05) is 12.1 Å². The zero-order valence-corrected chi connectivity index (χ0v) is 15.5. The van der Waals surface area contributed by atoms with Crippen LogP contribution in [-0.4, -0.2) is 70.1 Å². The number of anilines is 1. The minimum absolute atomic E-state index is 0.133. The molecule has 1 aromatic carbocycles. The number of piperazine rings is 1. The lowest BCUT2D eigenvalue weighted by Gasteiger charge is -2.35. The maximum absolute atomic E-state index is 12.5. The van der Waals surface area contributed by atoms with Crippen LogP contribution in [0, 0.1) is 0 Å². The van der Waals surface area contributed by atoms with E-state index in [1.54, 1.807) is 24.7 Å². The van der Waals surface area contributed by atoms with Gasteiger partial charge in [-0.2, -0.15) is 0 Å². The van der Waals surface area contributed by atoms with Gasteiger partial charge in [-0.05, 0) is 12.1 Å². The summed E-state index contributed by atoms with van der Waals surface area (Å²) >= 11 is 0. The second-order valence-corrected chi connectivity index (χ2v) is 6.72. The van der Waals surface area contributed by atoms with Crippen LogP contribution in [-0.2, 0) is 0 Å². The number of nitrogens with zero attached hydrogens (tertiary/aromatic N) is 5. The van der Waals surface area contributed by atoms with E-state index >= 15 is 0 Å². The van der Waals surface area contributed by atoms with Gasteiger partial charge in [0.25, 0.3) is 0 Å². The van der Waals surface area contributed by atoms with E-state index in [1.807, 2.05) is 4.40 Å². The Balaban J connectivity index is 1.63. The number of aliphatic hydroxyl groups excluding tert-OH is 1. The Morgan fingerprint density at radius 1 is 1.10 bits per heavy atom. The molecule has 10 heteroatoms. The van der Waals surface area contributed by atoms with Gasteiger partial charge in [0.2, 0.25) is 0 Å². The standard InChI is InChI=1S/C19H20F3N5O2/c20-19(21,22)29-15-3-1-2-14(12-15)16-13-24-17(18-23-4-5-27(16)18)26-8-6-25(7-9-26)10-11-28/h1-5,12-13,28H,6-11H2. The number of imidazole rings is 1. The molecule has 29 heavy (non-hydrogen) atoms. The Bertz CT molecular complexity index is 983. The van der Waals surface area contributed by atoms with Crippen LogP contribution in [0.15, 0.2) is 42.9 Å². The topological polar surface area (TPSA) is 66.1 Å². The van der Waals surface area contributed by atoms with E-state index in [0.29, 0.717) is 23.4 Å². The average molecular weight is 407 g/mol. The van der Waals surface area contributed by atoms with Gasteiger partial charge in [0, 0.05) is 50.7 Å². The quantitative estimate of drug-likeness (QED) is 0.701. The van der Waals surface area contributed by atoms with Crippen molar-refractivity contribution in [2.45, 2.75) is 6.36 Å². The van der Waals surface area contributed by atoms with Crippen molar-refractivity contribution in [1.29, 1.82) is 0 Å². The zero-order valence-electron chi connectivity index (χ0n) is 15.5. The van der Waals surface area contributed by atoms with Crippen molar-refractivity contribution in [3.63, 3.8) is 0 Å². The molecule has 0 bridgehead atoms. The number of benzene rings is 1. The second kappa shape index (κ2) is 7.88. The van der Waals surface area contributed by atoms with Crippen molar-refractivity contribution in [3.8, 4) is 17.0 Å². The van der Waals surface area contributed by atoms with E-state index in [-0.39, 0.29) is 12.4 Å². The molecule has 3 aromatic rings. The molecule has 0 radical (unpaired) electrons. The molecule has 7 nitrogen and oxygen atoms in total. The van der Waals surface area contributed by atoms with Crippen LogP contribution in [0.4, 0.5) is 19.0 Å². The molecule has 1 aliphatic rings. The number of β-amino-alcohol motifs (C(OH)–C–C–N with tert-alkyl or cyclic N) is 1. The van der Waals surface area contributed by atoms with E-state index in [0.717, 1.165) is 32.0 Å². The summed E-state index contributed by atoms with van der Waals surface area (Å²) in [5.74, 6) is 0.442. The molecule has 0 spiro atoms. The lowest BCUT2D eigenvalue weighted by atomic mass is 10.1. The van der Waals surface area contributed by atoms with Gasteiger partial charge in [0.05, 0.1) is 18.5 Å². The highest BCUT2D eigenvalue weighted by molar-refractivity contribution is 5.71. The molecule has 0 unspecified atom stereocenters. The van der Waals surface area contributed by atoms with E-state index in [1.165, 1.54) is 18.2 Å². The van der Waals surface area contributed by atoms with Crippen LogP contribution in [0.3, 0.4) is 0 Å². The number of hydrogen-bond acceptors (Lipinski definition) is 6. The first-order chi connectivity index (χ1) is 13.9. The Kier molecular flexibility index (Phi) is 5.29. The zero-order chi connectivity index (χ0) is 20.4. The summed E-state index contributed by atoms with van der Waals surface area (Å²) in [7, 11) is 0. The van der Waals surface area contributed by atoms with Gasteiger partial charge in [0.15, 0.2) is 11.5 Å². The van der Waals surface area contributed by atoms with Crippen LogP contribution in [0.1, 0.15) is 0 Å². The first kappa shape index (κ1) is 19.5. The Labute approximate surface area is 165 Å². The average Bonchev–Trinajstić information content (AvgIpc) is 3.17. The molecule has 1 fully saturated rings. The van der Waals surface area contributed by atoms with Gasteiger partial charge in [-0.15, -0.1) is 13.2 Å². The van der Waals surface area contributed by atoms with Gasteiger partial charge in [-0.25, -0.2) is 9.97 Å². The van der Waals surface area contributed by atoms with Gasteiger partial charge in [-0.3, -0.25) is 9.30 Å². The smallest absolute Gasteiger partial charge is 0.406 e. The summed E-state index contributed by atoms with van der Waals surface area (Å²) in [5, 5.41) is 9.08. The highest BCUT2D eigenvalue weighted by Crippen LogP contribution is 2.30.